The van der Waals surface area contributed by atoms with Crippen molar-refractivity contribution in [2.75, 3.05) is 26.7 Å². The summed E-state index contributed by atoms with van der Waals surface area (Å²) in [7, 11) is 2.11. The van der Waals surface area contributed by atoms with Crippen molar-refractivity contribution in [3.63, 3.8) is 0 Å². The van der Waals surface area contributed by atoms with Crippen LogP contribution in [0.25, 0.3) is 0 Å². The predicted octanol–water partition coefficient (Wildman–Crippen LogP) is 3.60. The number of hydrogen-bond donors (Lipinski definition) is 0. The first-order valence-electron chi connectivity index (χ1n) is 8.86. The maximum atomic E-state index is 13.1. The maximum Gasteiger partial charge on any atom is 0.254 e. The lowest BCUT2D eigenvalue weighted by Gasteiger charge is -2.40. The van der Waals surface area contributed by atoms with Gasteiger partial charge in [0, 0.05) is 25.2 Å². The average molecular weight is 338 g/mol. The first-order valence-corrected chi connectivity index (χ1v) is 8.86. The molecule has 1 aliphatic heterocycles. The second-order valence-electron chi connectivity index (χ2n) is 6.88. The second-order valence-corrected chi connectivity index (χ2v) is 6.88. The summed E-state index contributed by atoms with van der Waals surface area (Å²) in [6.45, 7) is 6.47. The molecule has 0 aliphatic carbocycles. The van der Waals surface area contributed by atoms with Gasteiger partial charge in [-0.1, -0.05) is 30.3 Å². The molecule has 1 saturated heterocycles. The van der Waals surface area contributed by atoms with Crippen molar-refractivity contribution < 1.29 is 9.53 Å². The van der Waals surface area contributed by atoms with Gasteiger partial charge < -0.3 is 14.5 Å². The largest absolute Gasteiger partial charge is 0.491 e. The van der Waals surface area contributed by atoms with Crippen LogP contribution < -0.4 is 4.74 Å². The molecule has 0 bridgehead atoms. The van der Waals surface area contributed by atoms with E-state index < -0.39 is 0 Å². The molecule has 2 aromatic carbocycles. The molecule has 2 aromatic rings. The maximum absolute atomic E-state index is 13.1. The van der Waals surface area contributed by atoms with Crippen molar-refractivity contribution in [1.82, 2.24) is 9.80 Å². The molecule has 0 aromatic heterocycles. The Bertz CT molecular complexity index is 698. The fraction of sp³-hybridized carbons (Fsp3) is 0.381. The van der Waals surface area contributed by atoms with E-state index in [1.807, 2.05) is 61.2 Å². The van der Waals surface area contributed by atoms with Crippen molar-refractivity contribution in [3.8, 4) is 5.75 Å². The summed E-state index contributed by atoms with van der Waals surface area (Å²) in [5, 5.41) is 0. The number of carbonyl (C=O) groups is 1. The van der Waals surface area contributed by atoms with Crippen LogP contribution in [0.4, 0.5) is 0 Å². The third kappa shape index (κ3) is 4.20. The van der Waals surface area contributed by atoms with Crippen LogP contribution in [0, 0.1) is 0 Å². The van der Waals surface area contributed by atoms with E-state index in [1.165, 1.54) is 5.56 Å². The lowest BCUT2D eigenvalue weighted by Crippen LogP contribution is -2.49. The van der Waals surface area contributed by atoms with Crippen LogP contribution in [0.3, 0.4) is 0 Å². The quantitative estimate of drug-likeness (QED) is 0.854. The molecule has 1 heterocycles. The van der Waals surface area contributed by atoms with Gasteiger partial charge in [0.05, 0.1) is 12.1 Å². The predicted molar refractivity (Wildman–Crippen MR) is 99.9 cm³/mol. The zero-order valence-corrected chi connectivity index (χ0v) is 15.2. The lowest BCUT2D eigenvalue weighted by molar-refractivity contribution is 0.0498. The molecule has 4 heteroatoms. The highest BCUT2D eigenvalue weighted by Crippen LogP contribution is 2.27. The summed E-state index contributed by atoms with van der Waals surface area (Å²) < 4.78 is 5.67. The molecule has 0 saturated carbocycles. The summed E-state index contributed by atoms with van der Waals surface area (Å²) in [5.74, 6) is 0.877. The van der Waals surface area contributed by atoms with Crippen molar-refractivity contribution in [3.05, 3.63) is 65.7 Å². The van der Waals surface area contributed by atoms with Gasteiger partial charge in [-0.25, -0.2) is 0 Å². The minimum Gasteiger partial charge on any atom is -0.491 e. The molecule has 3 rings (SSSR count). The zero-order valence-electron chi connectivity index (χ0n) is 15.2. The summed E-state index contributed by atoms with van der Waals surface area (Å²) in [5.41, 5.74) is 1.89. The smallest absolute Gasteiger partial charge is 0.254 e. The van der Waals surface area contributed by atoms with E-state index >= 15 is 0 Å². The van der Waals surface area contributed by atoms with Gasteiger partial charge in [0.1, 0.15) is 5.75 Å². The van der Waals surface area contributed by atoms with E-state index in [4.69, 9.17) is 4.74 Å². The Morgan fingerprint density at radius 1 is 1.04 bits per heavy atom. The molecule has 4 nitrogen and oxygen atoms in total. The highest BCUT2D eigenvalue weighted by molar-refractivity contribution is 5.94. The van der Waals surface area contributed by atoms with E-state index in [9.17, 15) is 4.79 Å². The van der Waals surface area contributed by atoms with Crippen molar-refractivity contribution in [2.24, 2.45) is 0 Å². The van der Waals surface area contributed by atoms with Gasteiger partial charge in [-0.15, -0.1) is 0 Å². The number of likely N-dealkylation sites (N-methyl/N-ethyl adjacent to an activating group) is 1. The number of nitrogens with zero attached hydrogens (tertiary/aromatic N) is 2. The number of carbonyl (C=O) groups excluding carboxylic acids is 1. The number of amides is 1. The number of benzene rings is 2. The number of hydrogen-bond acceptors (Lipinski definition) is 3. The third-order valence-corrected chi connectivity index (χ3v) is 4.50. The monoisotopic (exact) mass is 338 g/mol. The summed E-state index contributed by atoms with van der Waals surface area (Å²) in [4.78, 5) is 17.4. The second kappa shape index (κ2) is 7.70. The number of piperazine rings is 1. The first kappa shape index (κ1) is 17.5. The Morgan fingerprint density at radius 3 is 2.36 bits per heavy atom. The fourth-order valence-corrected chi connectivity index (χ4v) is 3.24. The highest BCUT2D eigenvalue weighted by atomic mass is 16.5. The van der Waals surface area contributed by atoms with Crippen molar-refractivity contribution >= 4 is 5.91 Å². The molecular formula is C21H26N2O2. The van der Waals surface area contributed by atoms with Crippen LogP contribution in [-0.4, -0.2) is 48.5 Å². The van der Waals surface area contributed by atoms with E-state index in [0.717, 1.165) is 25.4 Å². The normalized spacial score (nSPS) is 18.4. The number of rotatable bonds is 4. The van der Waals surface area contributed by atoms with Crippen LogP contribution >= 0.6 is 0 Å². The molecule has 1 amide bonds. The molecule has 0 N–H and O–H groups in total. The van der Waals surface area contributed by atoms with Gasteiger partial charge in [-0.3, -0.25) is 4.79 Å². The summed E-state index contributed by atoms with van der Waals surface area (Å²) >= 11 is 0. The lowest BCUT2D eigenvalue weighted by atomic mass is 10.0. The minimum absolute atomic E-state index is 0.0815. The summed E-state index contributed by atoms with van der Waals surface area (Å²) in [6.07, 6.45) is 0.127. The van der Waals surface area contributed by atoms with Crippen LogP contribution in [0.5, 0.6) is 5.75 Å². The van der Waals surface area contributed by atoms with E-state index in [0.29, 0.717) is 5.56 Å². The van der Waals surface area contributed by atoms with E-state index in [-0.39, 0.29) is 18.1 Å². The third-order valence-electron chi connectivity index (χ3n) is 4.50. The standard InChI is InChI=1S/C21H26N2O2/c1-16(2)25-19-11-9-18(10-12-19)21(24)23-14-13-22(3)15-20(23)17-7-5-4-6-8-17/h4-12,16,20H,13-15H2,1-3H3/t20-/m0/s1. The molecule has 1 aliphatic rings. The van der Waals surface area contributed by atoms with E-state index in [1.54, 1.807) is 0 Å². The van der Waals surface area contributed by atoms with Gasteiger partial charge in [0.2, 0.25) is 0 Å². The minimum atomic E-state index is 0.0815. The summed E-state index contributed by atoms with van der Waals surface area (Å²) in [6, 6.07) is 17.8. The Kier molecular flexibility index (Phi) is 5.39. The molecule has 0 spiro atoms. The topological polar surface area (TPSA) is 32.8 Å². The Morgan fingerprint density at radius 2 is 1.72 bits per heavy atom. The van der Waals surface area contributed by atoms with Crippen molar-refractivity contribution in [2.45, 2.75) is 26.0 Å². The Labute approximate surface area is 150 Å². The van der Waals surface area contributed by atoms with Crippen LogP contribution in [-0.2, 0) is 0 Å². The van der Waals surface area contributed by atoms with Crippen LogP contribution in [0.1, 0.15) is 35.8 Å². The zero-order chi connectivity index (χ0) is 17.8. The molecule has 0 unspecified atom stereocenters. The van der Waals surface area contributed by atoms with Gasteiger partial charge in [0.25, 0.3) is 5.91 Å². The fourth-order valence-electron chi connectivity index (χ4n) is 3.24. The van der Waals surface area contributed by atoms with Gasteiger partial charge in [0.15, 0.2) is 0 Å². The molecule has 25 heavy (non-hydrogen) atoms. The van der Waals surface area contributed by atoms with Crippen LogP contribution in [0.2, 0.25) is 0 Å². The Balaban J connectivity index is 1.81. The van der Waals surface area contributed by atoms with Crippen LogP contribution in [0.15, 0.2) is 54.6 Å². The molecule has 0 radical (unpaired) electrons. The molecular weight excluding hydrogens is 312 g/mol. The molecule has 1 fully saturated rings. The Hall–Kier alpha value is -2.33. The molecule has 1 atom stereocenters. The van der Waals surface area contributed by atoms with Gasteiger partial charge in [-0.05, 0) is 50.7 Å². The van der Waals surface area contributed by atoms with Gasteiger partial charge >= 0.3 is 0 Å². The SMILES string of the molecule is CC(C)Oc1ccc(C(=O)N2CCN(C)C[C@H]2c2ccccc2)cc1. The number of ether oxygens (including phenoxy) is 1. The highest BCUT2D eigenvalue weighted by Gasteiger charge is 2.30. The van der Waals surface area contributed by atoms with Crippen molar-refractivity contribution in [1.29, 1.82) is 0 Å². The average Bonchev–Trinajstić information content (AvgIpc) is 2.62. The molecule has 132 valence electrons. The first-order chi connectivity index (χ1) is 12.0. The van der Waals surface area contributed by atoms with E-state index in [2.05, 4.69) is 24.1 Å². The van der Waals surface area contributed by atoms with Gasteiger partial charge in [-0.2, -0.15) is 0 Å².